The summed E-state index contributed by atoms with van der Waals surface area (Å²) in [5.41, 5.74) is 6.12. The first-order valence-corrected chi connectivity index (χ1v) is 8.89. The first-order valence-electron chi connectivity index (χ1n) is 8.89. The highest BCUT2D eigenvalue weighted by Crippen LogP contribution is 2.28. The number of hydrogen-bond donors (Lipinski definition) is 0. The van der Waals surface area contributed by atoms with Crippen molar-refractivity contribution in [1.82, 2.24) is 4.57 Å². The summed E-state index contributed by atoms with van der Waals surface area (Å²) in [6.45, 7) is 0.301. The molecule has 0 atom stereocenters. The molecule has 26 heavy (non-hydrogen) atoms. The molecule has 4 heteroatoms. The van der Waals surface area contributed by atoms with Gasteiger partial charge in [-0.3, -0.25) is 9.79 Å². The summed E-state index contributed by atoms with van der Waals surface area (Å²) in [5, 5.41) is 0. The van der Waals surface area contributed by atoms with Gasteiger partial charge in [0.1, 0.15) is 5.82 Å². The van der Waals surface area contributed by atoms with Crippen molar-refractivity contribution in [3.63, 3.8) is 0 Å². The fourth-order valence-electron chi connectivity index (χ4n) is 3.99. The van der Waals surface area contributed by atoms with Gasteiger partial charge in [0.05, 0.1) is 23.6 Å². The molecule has 0 saturated heterocycles. The minimum absolute atomic E-state index is 0.221. The van der Waals surface area contributed by atoms with Crippen molar-refractivity contribution < 1.29 is 9.18 Å². The van der Waals surface area contributed by atoms with Crippen LogP contribution in [0.15, 0.2) is 59.7 Å². The number of aromatic nitrogens is 1. The van der Waals surface area contributed by atoms with E-state index >= 15 is 0 Å². The van der Waals surface area contributed by atoms with E-state index in [9.17, 15) is 9.18 Å². The van der Waals surface area contributed by atoms with Gasteiger partial charge in [0, 0.05) is 29.3 Å². The van der Waals surface area contributed by atoms with Crippen molar-refractivity contribution in [3.8, 4) is 5.69 Å². The molecule has 2 aliphatic rings. The first-order chi connectivity index (χ1) is 12.7. The molecule has 2 heterocycles. The summed E-state index contributed by atoms with van der Waals surface area (Å²) in [7, 11) is 0. The largest absolute Gasteiger partial charge is 0.315 e. The van der Waals surface area contributed by atoms with E-state index < -0.39 is 0 Å². The van der Waals surface area contributed by atoms with Crippen molar-refractivity contribution in [3.05, 3.63) is 88.5 Å². The summed E-state index contributed by atoms with van der Waals surface area (Å²) < 4.78 is 16.3. The van der Waals surface area contributed by atoms with Crippen LogP contribution in [-0.2, 0) is 13.0 Å². The number of halogens is 1. The van der Waals surface area contributed by atoms with Gasteiger partial charge in [0.15, 0.2) is 5.78 Å². The smallest absolute Gasteiger partial charge is 0.163 e. The third kappa shape index (κ3) is 2.25. The van der Waals surface area contributed by atoms with Crippen LogP contribution >= 0.6 is 0 Å². The van der Waals surface area contributed by atoms with Crippen LogP contribution in [-0.4, -0.2) is 16.1 Å². The maximum Gasteiger partial charge on any atom is 0.163 e. The molecule has 0 bridgehead atoms. The lowest BCUT2D eigenvalue weighted by molar-refractivity contribution is 0.0972. The molecule has 3 nitrogen and oxygen atoms in total. The second kappa shape index (κ2) is 5.77. The third-order valence-corrected chi connectivity index (χ3v) is 5.27. The monoisotopic (exact) mass is 344 g/mol. The highest BCUT2D eigenvalue weighted by Gasteiger charge is 2.22. The van der Waals surface area contributed by atoms with Crippen LogP contribution in [0.4, 0.5) is 4.39 Å². The SMILES string of the molecule is O=C1CCCc2cc(C3=NCc4c(F)cccc4-n4cccc43)ccc21. The molecule has 1 aromatic heterocycles. The Labute approximate surface area is 150 Å². The fourth-order valence-corrected chi connectivity index (χ4v) is 3.99. The van der Waals surface area contributed by atoms with Crippen LogP contribution in [0, 0.1) is 5.82 Å². The number of carbonyl (C=O) groups excluding carboxylic acids is 1. The number of fused-ring (bicyclic) bond motifs is 4. The number of hydrogen-bond acceptors (Lipinski definition) is 2. The van der Waals surface area contributed by atoms with Gasteiger partial charge in [-0.1, -0.05) is 18.2 Å². The summed E-state index contributed by atoms with van der Waals surface area (Å²) in [5.74, 6) is -0.0124. The molecule has 0 radical (unpaired) electrons. The van der Waals surface area contributed by atoms with E-state index in [-0.39, 0.29) is 11.6 Å². The number of carbonyl (C=O) groups is 1. The average Bonchev–Trinajstić information content (AvgIpc) is 3.06. The van der Waals surface area contributed by atoms with Crippen LogP contribution in [0.1, 0.15) is 45.6 Å². The number of aliphatic imine (C=N–C) groups is 1. The van der Waals surface area contributed by atoms with E-state index in [1.54, 1.807) is 6.07 Å². The van der Waals surface area contributed by atoms with Gasteiger partial charge < -0.3 is 4.57 Å². The summed E-state index contributed by atoms with van der Waals surface area (Å²) in [6.07, 6.45) is 4.38. The number of nitrogens with zero attached hydrogens (tertiary/aromatic N) is 2. The Morgan fingerprint density at radius 1 is 1.04 bits per heavy atom. The van der Waals surface area contributed by atoms with Gasteiger partial charge in [0.2, 0.25) is 0 Å². The molecule has 0 N–H and O–H groups in total. The van der Waals surface area contributed by atoms with E-state index in [4.69, 9.17) is 4.99 Å². The van der Waals surface area contributed by atoms with E-state index in [2.05, 4.69) is 6.07 Å². The van der Waals surface area contributed by atoms with Gasteiger partial charge in [-0.25, -0.2) is 4.39 Å². The van der Waals surface area contributed by atoms with E-state index in [0.29, 0.717) is 18.5 Å². The van der Waals surface area contributed by atoms with Crippen molar-refractivity contribution in [1.29, 1.82) is 0 Å². The summed E-state index contributed by atoms with van der Waals surface area (Å²) in [6, 6.07) is 15.0. The predicted octanol–water partition coefficient (Wildman–Crippen LogP) is 4.49. The van der Waals surface area contributed by atoms with Gasteiger partial charge in [0.25, 0.3) is 0 Å². The fraction of sp³-hybridized carbons (Fsp3) is 0.182. The number of aryl methyl sites for hydroxylation is 1. The zero-order chi connectivity index (χ0) is 17.7. The zero-order valence-electron chi connectivity index (χ0n) is 14.2. The second-order valence-corrected chi connectivity index (χ2v) is 6.81. The maximum atomic E-state index is 14.3. The number of rotatable bonds is 1. The van der Waals surface area contributed by atoms with Crippen molar-refractivity contribution in [2.45, 2.75) is 25.8 Å². The van der Waals surface area contributed by atoms with Crippen molar-refractivity contribution in [2.24, 2.45) is 4.99 Å². The van der Waals surface area contributed by atoms with E-state index in [1.165, 1.54) is 6.07 Å². The molecular weight excluding hydrogens is 327 g/mol. The molecule has 5 rings (SSSR count). The third-order valence-electron chi connectivity index (χ3n) is 5.27. The Kier molecular flexibility index (Phi) is 3.38. The average molecular weight is 344 g/mol. The second-order valence-electron chi connectivity index (χ2n) is 6.81. The van der Waals surface area contributed by atoms with Gasteiger partial charge in [-0.05, 0) is 48.7 Å². The van der Waals surface area contributed by atoms with Crippen LogP contribution in [0.3, 0.4) is 0 Å². The van der Waals surface area contributed by atoms with Crippen LogP contribution < -0.4 is 0 Å². The predicted molar refractivity (Wildman–Crippen MR) is 98.8 cm³/mol. The highest BCUT2D eigenvalue weighted by atomic mass is 19.1. The Bertz CT molecular complexity index is 1080. The lowest BCUT2D eigenvalue weighted by Gasteiger charge is -2.16. The van der Waals surface area contributed by atoms with E-state index in [0.717, 1.165) is 46.6 Å². The minimum atomic E-state index is -0.233. The molecule has 0 amide bonds. The van der Waals surface area contributed by atoms with Crippen molar-refractivity contribution in [2.75, 3.05) is 0 Å². The molecule has 3 aromatic rings. The first kappa shape index (κ1) is 15.3. The molecule has 0 unspecified atom stereocenters. The topological polar surface area (TPSA) is 34.4 Å². The minimum Gasteiger partial charge on any atom is -0.315 e. The Balaban J connectivity index is 1.68. The molecule has 0 spiro atoms. The molecule has 0 fully saturated rings. The van der Waals surface area contributed by atoms with Crippen LogP contribution in [0.5, 0.6) is 0 Å². The van der Waals surface area contributed by atoms with Gasteiger partial charge in [-0.2, -0.15) is 0 Å². The van der Waals surface area contributed by atoms with Crippen LogP contribution in [0.2, 0.25) is 0 Å². The molecule has 0 saturated carbocycles. The Hall–Kier alpha value is -3.01. The van der Waals surface area contributed by atoms with E-state index in [1.807, 2.05) is 41.1 Å². The summed E-state index contributed by atoms with van der Waals surface area (Å²) >= 11 is 0. The lowest BCUT2D eigenvalue weighted by Crippen LogP contribution is -2.13. The Morgan fingerprint density at radius 2 is 1.96 bits per heavy atom. The molecule has 128 valence electrons. The maximum absolute atomic E-state index is 14.3. The van der Waals surface area contributed by atoms with Crippen molar-refractivity contribution >= 4 is 11.5 Å². The lowest BCUT2D eigenvalue weighted by atomic mass is 9.88. The normalized spacial score (nSPS) is 15.6. The Morgan fingerprint density at radius 3 is 2.88 bits per heavy atom. The molecule has 1 aliphatic heterocycles. The molecule has 1 aliphatic carbocycles. The zero-order valence-corrected chi connectivity index (χ0v) is 14.2. The standard InChI is InChI=1S/C22H17FN2O/c23-18-5-2-6-19-17(18)13-24-22(20-7-3-11-25(19)20)15-9-10-16-14(12-15)4-1-8-21(16)26/h2-3,5-7,9-12H,1,4,8,13H2. The highest BCUT2D eigenvalue weighted by molar-refractivity contribution is 6.13. The summed E-state index contributed by atoms with van der Waals surface area (Å²) in [4.78, 5) is 16.8. The quantitative estimate of drug-likeness (QED) is 0.641. The number of benzene rings is 2. The number of Topliss-reactive ketones (excluding diaryl/α,β-unsaturated/α-hetero) is 1. The van der Waals surface area contributed by atoms with Gasteiger partial charge in [-0.15, -0.1) is 0 Å². The van der Waals surface area contributed by atoms with Gasteiger partial charge >= 0.3 is 0 Å². The van der Waals surface area contributed by atoms with Crippen LogP contribution in [0.25, 0.3) is 5.69 Å². The molecule has 2 aromatic carbocycles. The number of ketones is 1. The molecular formula is C22H17FN2O.